The van der Waals surface area contributed by atoms with Gasteiger partial charge < -0.3 is 14.9 Å². The number of rotatable bonds is 5. The molecule has 0 unspecified atom stereocenters. The zero-order valence-electron chi connectivity index (χ0n) is 13.7. The number of carbonyl (C=O) groups excluding carboxylic acids is 1. The van der Waals surface area contributed by atoms with E-state index in [0.29, 0.717) is 18.9 Å². The second-order valence-electron chi connectivity index (χ2n) is 6.87. The molecule has 128 valence electrons. The van der Waals surface area contributed by atoms with Crippen LogP contribution in [0.3, 0.4) is 0 Å². The number of hydrogen-bond acceptors (Lipinski definition) is 5. The first kappa shape index (κ1) is 16.9. The lowest BCUT2D eigenvalue weighted by Crippen LogP contribution is -2.35. The van der Waals surface area contributed by atoms with Crippen molar-refractivity contribution in [2.45, 2.75) is 32.1 Å². The van der Waals surface area contributed by atoms with Gasteiger partial charge in [0.2, 0.25) is 5.91 Å². The van der Waals surface area contributed by atoms with Crippen molar-refractivity contribution in [1.29, 1.82) is 0 Å². The van der Waals surface area contributed by atoms with E-state index in [0.717, 1.165) is 18.8 Å². The molecule has 0 aliphatic carbocycles. The van der Waals surface area contributed by atoms with Crippen LogP contribution in [0, 0.1) is 11.8 Å². The third-order valence-electron chi connectivity index (χ3n) is 5.17. The van der Waals surface area contributed by atoms with E-state index in [9.17, 15) is 9.90 Å². The largest absolute Gasteiger partial charge is 0.396 e. The molecule has 3 rings (SSSR count). The Morgan fingerprint density at radius 3 is 2.61 bits per heavy atom. The van der Waals surface area contributed by atoms with Gasteiger partial charge in [-0.25, -0.2) is 4.98 Å². The van der Waals surface area contributed by atoms with E-state index < -0.39 is 0 Å². The Kier molecular flexibility index (Phi) is 6.02. The first-order valence-electron chi connectivity index (χ1n) is 8.74. The third kappa shape index (κ3) is 4.52. The Hall–Kier alpha value is -0.980. The Bertz CT molecular complexity index is 486. The first-order valence-corrected chi connectivity index (χ1v) is 9.68. The minimum absolute atomic E-state index is 0.146. The van der Waals surface area contributed by atoms with E-state index >= 15 is 0 Å². The van der Waals surface area contributed by atoms with Crippen molar-refractivity contribution >= 4 is 17.2 Å². The molecule has 2 atom stereocenters. The molecule has 0 spiro atoms. The molecule has 1 N–H and O–H groups in total. The fourth-order valence-electron chi connectivity index (χ4n) is 3.80. The molecule has 0 saturated carbocycles. The summed E-state index contributed by atoms with van der Waals surface area (Å²) < 4.78 is 0. The molecule has 1 amide bonds. The van der Waals surface area contributed by atoms with Crippen LogP contribution in [0.1, 0.15) is 31.4 Å². The predicted molar refractivity (Wildman–Crippen MR) is 91.4 cm³/mol. The maximum atomic E-state index is 12.5. The first-order chi connectivity index (χ1) is 11.3. The number of carbonyl (C=O) groups is 1. The van der Waals surface area contributed by atoms with Crippen LogP contribution < -0.4 is 0 Å². The van der Waals surface area contributed by atoms with E-state index in [4.69, 9.17) is 0 Å². The highest BCUT2D eigenvalue weighted by molar-refractivity contribution is 7.07. The number of aliphatic hydroxyl groups excluding tert-OH is 1. The summed E-state index contributed by atoms with van der Waals surface area (Å²) in [6.45, 7) is 5.01. The summed E-state index contributed by atoms with van der Waals surface area (Å²) in [5.41, 5.74) is 2.63. The molecule has 0 radical (unpaired) electrons. The maximum absolute atomic E-state index is 12.5. The van der Waals surface area contributed by atoms with Gasteiger partial charge in [-0.05, 0) is 31.8 Å². The Morgan fingerprint density at radius 1 is 1.22 bits per heavy atom. The normalized spacial score (nSPS) is 26.4. The Morgan fingerprint density at radius 2 is 1.96 bits per heavy atom. The fraction of sp³-hybridized carbons (Fsp3) is 0.765. The molecule has 23 heavy (non-hydrogen) atoms. The highest BCUT2D eigenvalue weighted by atomic mass is 32.1. The van der Waals surface area contributed by atoms with Crippen molar-refractivity contribution in [2.24, 2.45) is 11.8 Å². The van der Waals surface area contributed by atoms with Gasteiger partial charge in [0, 0.05) is 37.5 Å². The Balaban J connectivity index is 1.55. The smallest absolute Gasteiger partial charge is 0.228 e. The molecule has 0 bridgehead atoms. The summed E-state index contributed by atoms with van der Waals surface area (Å²) in [5, 5.41) is 11.6. The standard InChI is InChI=1S/C17H27N3O2S/c21-11-15-10-20(17(22)7-16-12-23-13-18-16)9-14(15)8-19-5-3-1-2-4-6-19/h12-15,21H,1-11H2/t14-,15-/m0/s1. The summed E-state index contributed by atoms with van der Waals surface area (Å²) in [7, 11) is 0. The van der Waals surface area contributed by atoms with Gasteiger partial charge in [0.1, 0.15) is 0 Å². The van der Waals surface area contributed by atoms with E-state index in [1.807, 2.05) is 10.3 Å². The topological polar surface area (TPSA) is 56.7 Å². The number of hydrogen-bond donors (Lipinski definition) is 1. The molecular weight excluding hydrogens is 310 g/mol. The van der Waals surface area contributed by atoms with E-state index in [1.54, 1.807) is 5.51 Å². The highest BCUT2D eigenvalue weighted by Crippen LogP contribution is 2.26. The van der Waals surface area contributed by atoms with Crippen LogP contribution in [0.15, 0.2) is 10.9 Å². The van der Waals surface area contributed by atoms with Crippen LogP contribution >= 0.6 is 11.3 Å². The average molecular weight is 337 g/mol. The molecule has 1 aromatic heterocycles. The van der Waals surface area contributed by atoms with Gasteiger partial charge in [0.15, 0.2) is 0 Å². The number of amides is 1. The number of nitrogens with zero attached hydrogens (tertiary/aromatic N) is 3. The summed E-state index contributed by atoms with van der Waals surface area (Å²) in [5.74, 6) is 0.767. The van der Waals surface area contributed by atoms with Crippen LogP contribution in [0.25, 0.3) is 0 Å². The van der Waals surface area contributed by atoms with Crippen LogP contribution in [-0.2, 0) is 11.2 Å². The molecule has 3 heterocycles. The quantitative estimate of drug-likeness (QED) is 0.887. The molecule has 6 heteroatoms. The zero-order valence-corrected chi connectivity index (χ0v) is 14.5. The van der Waals surface area contributed by atoms with Crippen LogP contribution in [0.2, 0.25) is 0 Å². The van der Waals surface area contributed by atoms with E-state index in [-0.39, 0.29) is 18.4 Å². The second-order valence-corrected chi connectivity index (χ2v) is 7.59. The van der Waals surface area contributed by atoms with Gasteiger partial charge in [-0.3, -0.25) is 4.79 Å². The lowest BCUT2D eigenvalue weighted by molar-refractivity contribution is -0.129. The molecule has 2 saturated heterocycles. The molecule has 0 aromatic carbocycles. The molecule has 2 aliphatic heterocycles. The van der Waals surface area contributed by atoms with E-state index in [2.05, 4.69) is 9.88 Å². The fourth-order valence-corrected chi connectivity index (χ4v) is 4.36. The second kappa shape index (κ2) is 8.22. The third-order valence-corrected chi connectivity index (χ3v) is 5.81. The summed E-state index contributed by atoms with van der Waals surface area (Å²) in [6.07, 6.45) is 5.62. The molecule has 2 aliphatic rings. The minimum Gasteiger partial charge on any atom is -0.396 e. The maximum Gasteiger partial charge on any atom is 0.228 e. The summed E-state index contributed by atoms with van der Waals surface area (Å²) in [6, 6.07) is 0. The average Bonchev–Trinajstić information content (AvgIpc) is 3.12. The van der Waals surface area contributed by atoms with Crippen molar-refractivity contribution in [3.63, 3.8) is 0 Å². The van der Waals surface area contributed by atoms with Gasteiger partial charge in [-0.15, -0.1) is 11.3 Å². The zero-order chi connectivity index (χ0) is 16.1. The number of aliphatic hydroxyl groups is 1. The van der Waals surface area contributed by atoms with Crippen molar-refractivity contribution in [3.8, 4) is 0 Å². The lowest BCUT2D eigenvalue weighted by atomic mass is 9.96. The van der Waals surface area contributed by atoms with Crippen molar-refractivity contribution in [2.75, 3.05) is 39.3 Å². The van der Waals surface area contributed by atoms with Crippen molar-refractivity contribution < 1.29 is 9.90 Å². The number of likely N-dealkylation sites (tertiary alicyclic amines) is 2. The van der Waals surface area contributed by atoms with Gasteiger partial charge in [0.05, 0.1) is 17.6 Å². The molecule has 2 fully saturated rings. The highest BCUT2D eigenvalue weighted by Gasteiger charge is 2.35. The molecule has 1 aromatic rings. The van der Waals surface area contributed by atoms with Gasteiger partial charge in [0.25, 0.3) is 0 Å². The minimum atomic E-state index is 0.146. The van der Waals surface area contributed by atoms with Crippen LogP contribution in [0.5, 0.6) is 0 Å². The van der Waals surface area contributed by atoms with Crippen LogP contribution in [-0.4, -0.2) is 65.1 Å². The summed E-state index contributed by atoms with van der Waals surface area (Å²) >= 11 is 1.53. The number of thiazole rings is 1. The summed E-state index contributed by atoms with van der Waals surface area (Å²) in [4.78, 5) is 21.1. The van der Waals surface area contributed by atoms with Gasteiger partial charge in [-0.2, -0.15) is 0 Å². The SMILES string of the molecule is O=C(Cc1cscn1)N1C[C@@H](CO)[C@@H](CN2CCCCCC2)C1. The van der Waals surface area contributed by atoms with Crippen molar-refractivity contribution in [1.82, 2.24) is 14.8 Å². The van der Waals surface area contributed by atoms with Gasteiger partial charge in [-0.1, -0.05) is 12.8 Å². The number of aromatic nitrogens is 1. The lowest BCUT2D eigenvalue weighted by Gasteiger charge is -2.26. The van der Waals surface area contributed by atoms with E-state index in [1.165, 1.54) is 50.1 Å². The van der Waals surface area contributed by atoms with Gasteiger partial charge >= 0.3 is 0 Å². The Labute approximate surface area is 142 Å². The monoisotopic (exact) mass is 337 g/mol. The molecule has 5 nitrogen and oxygen atoms in total. The van der Waals surface area contributed by atoms with Crippen molar-refractivity contribution in [3.05, 3.63) is 16.6 Å². The molecular formula is C17H27N3O2S. The van der Waals surface area contributed by atoms with Crippen LogP contribution in [0.4, 0.5) is 0 Å². The predicted octanol–water partition coefficient (Wildman–Crippen LogP) is 1.63.